The highest BCUT2D eigenvalue weighted by Gasteiger charge is 2.30. The Morgan fingerprint density at radius 3 is 2.54 bits per heavy atom. The van der Waals surface area contributed by atoms with Crippen LogP contribution in [0.4, 0.5) is 0 Å². The minimum atomic E-state index is -0.0898. The number of rotatable bonds is 6. The van der Waals surface area contributed by atoms with Gasteiger partial charge in [-0.25, -0.2) is 4.98 Å². The number of hydrogen-bond donors (Lipinski definition) is 0. The van der Waals surface area contributed by atoms with Gasteiger partial charge in [-0.15, -0.1) is 0 Å². The molecule has 4 rings (SSSR count). The molecule has 2 amide bonds. The van der Waals surface area contributed by atoms with E-state index in [-0.39, 0.29) is 18.4 Å². The van der Waals surface area contributed by atoms with E-state index in [0.29, 0.717) is 25.2 Å². The number of benzene rings is 2. The summed E-state index contributed by atoms with van der Waals surface area (Å²) in [5.41, 5.74) is 2.70. The first kappa shape index (κ1) is 18.0. The molecule has 0 spiro atoms. The van der Waals surface area contributed by atoms with Crippen molar-refractivity contribution in [2.24, 2.45) is 7.05 Å². The Morgan fingerprint density at radius 2 is 1.82 bits per heavy atom. The number of aryl methyl sites for hydroxylation is 1. The zero-order chi connectivity index (χ0) is 19.5. The largest absolute Gasteiger partial charge is 0.337 e. The summed E-state index contributed by atoms with van der Waals surface area (Å²) in [7, 11) is 1.91. The summed E-state index contributed by atoms with van der Waals surface area (Å²) in [6, 6.07) is 17.4. The first-order valence-electron chi connectivity index (χ1n) is 9.27. The second-order valence-electron chi connectivity index (χ2n) is 7.01. The maximum Gasteiger partial charge on any atom is 0.254 e. The van der Waals surface area contributed by atoms with E-state index in [1.54, 1.807) is 16.0 Å². The number of nitrogens with zero attached hydrogens (tertiary/aromatic N) is 4. The molecule has 0 radical (unpaired) electrons. The topological polar surface area (TPSA) is 58.4 Å². The summed E-state index contributed by atoms with van der Waals surface area (Å²) < 4.78 is 1.90. The number of aromatic nitrogens is 2. The summed E-state index contributed by atoms with van der Waals surface area (Å²) in [6.45, 7) is 1.40. The lowest BCUT2D eigenvalue weighted by Gasteiger charge is -2.25. The minimum Gasteiger partial charge on any atom is -0.337 e. The number of carbonyl (C=O) groups excluding carboxylic acids is 2. The molecule has 2 aromatic carbocycles. The van der Waals surface area contributed by atoms with Gasteiger partial charge >= 0.3 is 0 Å². The lowest BCUT2D eigenvalue weighted by Crippen LogP contribution is -2.40. The Hall–Kier alpha value is -3.41. The summed E-state index contributed by atoms with van der Waals surface area (Å²) in [4.78, 5) is 33.5. The van der Waals surface area contributed by atoms with Gasteiger partial charge in [0.25, 0.3) is 5.91 Å². The van der Waals surface area contributed by atoms with Gasteiger partial charge in [-0.3, -0.25) is 9.59 Å². The monoisotopic (exact) mass is 374 g/mol. The molecule has 0 aliphatic carbocycles. The molecule has 0 unspecified atom stereocenters. The standard InChI is InChI=1S/C22H22N4O2/c1-24-12-11-23-20(24)15-25(13-17-7-3-2-4-8-17)21(27)16-26-14-18-9-5-6-10-19(18)22(26)28/h2-12H,13-16H2,1H3. The average molecular weight is 374 g/mol. The van der Waals surface area contributed by atoms with Crippen LogP contribution in [0.1, 0.15) is 27.3 Å². The number of imidazole rings is 1. The molecule has 0 fully saturated rings. The van der Waals surface area contributed by atoms with Crippen molar-refractivity contribution in [3.05, 3.63) is 89.5 Å². The molecule has 6 heteroatoms. The van der Waals surface area contributed by atoms with E-state index in [1.807, 2.05) is 72.4 Å². The quantitative estimate of drug-likeness (QED) is 0.666. The zero-order valence-electron chi connectivity index (χ0n) is 15.8. The Balaban J connectivity index is 1.51. The fourth-order valence-electron chi connectivity index (χ4n) is 3.46. The number of carbonyl (C=O) groups is 2. The first-order valence-corrected chi connectivity index (χ1v) is 9.27. The third kappa shape index (κ3) is 3.67. The third-order valence-electron chi connectivity index (χ3n) is 5.04. The van der Waals surface area contributed by atoms with Crippen molar-refractivity contribution in [3.8, 4) is 0 Å². The van der Waals surface area contributed by atoms with E-state index >= 15 is 0 Å². The number of amides is 2. The van der Waals surface area contributed by atoms with Crippen molar-refractivity contribution in [3.63, 3.8) is 0 Å². The van der Waals surface area contributed by atoms with E-state index in [2.05, 4.69) is 4.98 Å². The molecular formula is C22H22N4O2. The highest BCUT2D eigenvalue weighted by molar-refractivity contribution is 6.00. The van der Waals surface area contributed by atoms with Gasteiger partial charge in [0.05, 0.1) is 6.54 Å². The molecule has 0 atom stereocenters. The van der Waals surface area contributed by atoms with E-state index < -0.39 is 0 Å². The Kier molecular flexibility index (Phi) is 4.93. The Morgan fingerprint density at radius 1 is 1.07 bits per heavy atom. The van der Waals surface area contributed by atoms with Gasteiger partial charge in [-0.05, 0) is 17.2 Å². The van der Waals surface area contributed by atoms with Crippen molar-refractivity contribution in [1.29, 1.82) is 0 Å². The van der Waals surface area contributed by atoms with E-state index in [9.17, 15) is 9.59 Å². The smallest absolute Gasteiger partial charge is 0.254 e. The van der Waals surface area contributed by atoms with Crippen LogP contribution < -0.4 is 0 Å². The molecule has 142 valence electrons. The van der Waals surface area contributed by atoms with Crippen LogP contribution in [-0.4, -0.2) is 37.7 Å². The highest BCUT2D eigenvalue weighted by Crippen LogP contribution is 2.22. The van der Waals surface area contributed by atoms with Crippen LogP contribution in [0.25, 0.3) is 0 Å². The van der Waals surface area contributed by atoms with Gasteiger partial charge in [-0.1, -0.05) is 48.5 Å². The molecule has 3 aromatic rings. The SMILES string of the molecule is Cn1ccnc1CN(Cc1ccccc1)C(=O)CN1Cc2ccccc2C1=O. The van der Waals surface area contributed by atoms with E-state index in [4.69, 9.17) is 0 Å². The fourth-order valence-corrected chi connectivity index (χ4v) is 3.46. The van der Waals surface area contributed by atoms with Crippen molar-refractivity contribution in [1.82, 2.24) is 19.4 Å². The van der Waals surface area contributed by atoms with Gasteiger partial charge in [0.2, 0.25) is 5.91 Å². The third-order valence-corrected chi connectivity index (χ3v) is 5.04. The highest BCUT2D eigenvalue weighted by atomic mass is 16.2. The lowest BCUT2D eigenvalue weighted by atomic mass is 10.1. The van der Waals surface area contributed by atoms with Crippen LogP contribution in [0.2, 0.25) is 0 Å². The van der Waals surface area contributed by atoms with Crippen LogP contribution in [0, 0.1) is 0 Å². The molecule has 28 heavy (non-hydrogen) atoms. The molecule has 1 aliphatic heterocycles. The lowest BCUT2D eigenvalue weighted by molar-refractivity contribution is -0.133. The van der Waals surface area contributed by atoms with Gasteiger partial charge in [0, 0.05) is 38.1 Å². The molecule has 0 saturated carbocycles. The molecule has 0 N–H and O–H groups in total. The van der Waals surface area contributed by atoms with Gasteiger partial charge in [-0.2, -0.15) is 0 Å². The first-order chi connectivity index (χ1) is 13.6. The van der Waals surface area contributed by atoms with E-state index in [0.717, 1.165) is 17.0 Å². The van der Waals surface area contributed by atoms with Crippen LogP contribution in [0.5, 0.6) is 0 Å². The van der Waals surface area contributed by atoms with E-state index in [1.165, 1.54) is 0 Å². The Bertz CT molecular complexity index is 997. The molecule has 1 aliphatic rings. The van der Waals surface area contributed by atoms with Crippen molar-refractivity contribution in [2.45, 2.75) is 19.6 Å². The minimum absolute atomic E-state index is 0.0603. The number of hydrogen-bond acceptors (Lipinski definition) is 3. The molecule has 6 nitrogen and oxygen atoms in total. The van der Waals surface area contributed by atoms with Crippen LogP contribution in [0.3, 0.4) is 0 Å². The maximum absolute atomic E-state index is 13.1. The molecule has 0 saturated heterocycles. The summed E-state index contributed by atoms with van der Waals surface area (Å²) in [6.07, 6.45) is 3.59. The molecular weight excluding hydrogens is 352 g/mol. The van der Waals surface area contributed by atoms with Crippen molar-refractivity contribution in [2.75, 3.05) is 6.54 Å². The number of fused-ring (bicyclic) bond motifs is 1. The average Bonchev–Trinajstić information content (AvgIpc) is 3.25. The van der Waals surface area contributed by atoms with Gasteiger partial charge in [0.15, 0.2) is 0 Å². The Labute approximate surface area is 164 Å². The van der Waals surface area contributed by atoms with Crippen molar-refractivity contribution < 1.29 is 9.59 Å². The zero-order valence-corrected chi connectivity index (χ0v) is 15.8. The van der Waals surface area contributed by atoms with Gasteiger partial charge < -0.3 is 14.4 Å². The maximum atomic E-state index is 13.1. The predicted octanol–water partition coefficient (Wildman–Crippen LogP) is 2.60. The summed E-state index contributed by atoms with van der Waals surface area (Å²) in [5, 5.41) is 0. The second kappa shape index (κ2) is 7.68. The van der Waals surface area contributed by atoms with Crippen molar-refractivity contribution >= 4 is 11.8 Å². The second-order valence-corrected chi connectivity index (χ2v) is 7.01. The molecule has 0 bridgehead atoms. The van der Waals surface area contributed by atoms with Gasteiger partial charge in [0.1, 0.15) is 12.4 Å². The molecule has 2 heterocycles. The van der Waals surface area contributed by atoms with Crippen LogP contribution in [-0.2, 0) is 31.5 Å². The predicted molar refractivity (Wildman–Crippen MR) is 105 cm³/mol. The van der Waals surface area contributed by atoms with Crippen LogP contribution in [0.15, 0.2) is 67.0 Å². The summed E-state index contributed by atoms with van der Waals surface area (Å²) >= 11 is 0. The fraction of sp³-hybridized carbons (Fsp3) is 0.227. The molecule has 1 aromatic heterocycles. The summed E-state index contributed by atoms with van der Waals surface area (Å²) in [5.74, 6) is 0.633. The van der Waals surface area contributed by atoms with Crippen LogP contribution >= 0.6 is 0 Å². The normalized spacial score (nSPS) is 12.9.